The van der Waals surface area contributed by atoms with Crippen LogP contribution in [-0.4, -0.2) is 40.6 Å². The van der Waals surface area contributed by atoms with Crippen LogP contribution in [0, 0.1) is 6.92 Å². The molecule has 0 amide bonds. The van der Waals surface area contributed by atoms with E-state index in [9.17, 15) is 9.90 Å². The second-order valence-electron chi connectivity index (χ2n) is 6.83. The quantitative estimate of drug-likeness (QED) is 0.877. The van der Waals surface area contributed by atoms with Crippen molar-refractivity contribution in [3.63, 3.8) is 0 Å². The molecule has 1 aliphatic rings. The number of aromatic amines is 1. The number of H-pyrrole nitrogens is 1. The normalized spacial score (nSPS) is 16.3. The third-order valence-corrected chi connectivity index (χ3v) is 5.22. The number of benzene rings is 1. The zero-order chi connectivity index (χ0) is 16.4. The highest BCUT2D eigenvalue weighted by Crippen LogP contribution is 2.25. The predicted octanol–water partition coefficient (Wildman–Crippen LogP) is 3.98. The lowest BCUT2D eigenvalue weighted by molar-refractivity contribution is 0.0698. The van der Waals surface area contributed by atoms with Crippen LogP contribution in [0.1, 0.15) is 53.7 Å². The van der Waals surface area contributed by atoms with Crippen molar-refractivity contribution < 1.29 is 9.90 Å². The standard InChI is InChI=1S/C19H26N2O2/c1-13-18(19(22)23)16-12-14(8-9-17(16)20-13)10-11-21(2)15-6-4-3-5-7-15/h8-9,12,15,20H,3-7,10-11H2,1-2H3,(H,22,23). The van der Waals surface area contributed by atoms with Gasteiger partial charge in [-0.05, 0) is 50.9 Å². The number of rotatable bonds is 5. The van der Waals surface area contributed by atoms with E-state index in [1.807, 2.05) is 19.1 Å². The number of aromatic nitrogens is 1. The van der Waals surface area contributed by atoms with Crippen LogP contribution in [0.3, 0.4) is 0 Å². The number of likely N-dealkylation sites (N-methyl/N-ethyl adjacent to an activating group) is 1. The van der Waals surface area contributed by atoms with Gasteiger partial charge in [0.25, 0.3) is 0 Å². The summed E-state index contributed by atoms with van der Waals surface area (Å²) in [5, 5.41) is 10.2. The fourth-order valence-corrected chi connectivity index (χ4v) is 3.81. The van der Waals surface area contributed by atoms with Gasteiger partial charge in [-0.2, -0.15) is 0 Å². The van der Waals surface area contributed by atoms with Gasteiger partial charge in [-0.3, -0.25) is 0 Å². The van der Waals surface area contributed by atoms with Crippen molar-refractivity contribution >= 4 is 16.9 Å². The number of carboxylic acid groups (broad SMARTS) is 1. The molecule has 1 fully saturated rings. The summed E-state index contributed by atoms with van der Waals surface area (Å²) < 4.78 is 0. The van der Waals surface area contributed by atoms with Gasteiger partial charge >= 0.3 is 5.97 Å². The molecule has 4 nitrogen and oxygen atoms in total. The SMILES string of the molecule is Cc1[nH]c2ccc(CCN(C)C3CCCCC3)cc2c1C(=O)O. The minimum absolute atomic E-state index is 0.405. The van der Waals surface area contributed by atoms with Gasteiger partial charge in [0.1, 0.15) is 0 Å². The Hall–Kier alpha value is -1.81. The first kappa shape index (κ1) is 16.1. The molecule has 0 aliphatic heterocycles. The maximum Gasteiger partial charge on any atom is 0.338 e. The highest BCUT2D eigenvalue weighted by atomic mass is 16.4. The van der Waals surface area contributed by atoms with E-state index in [1.54, 1.807) is 0 Å². The minimum Gasteiger partial charge on any atom is -0.478 e. The molecule has 0 unspecified atom stereocenters. The molecule has 1 aromatic carbocycles. The number of nitrogens with zero attached hydrogens (tertiary/aromatic N) is 1. The molecule has 23 heavy (non-hydrogen) atoms. The molecule has 0 radical (unpaired) electrons. The predicted molar refractivity (Wildman–Crippen MR) is 93.2 cm³/mol. The molecule has 0 atom stereocenters. The summed E-state index contributed by atoms with van der Waals surface area (Å²) in [5.41, 5.74) is 3.25. The van der Waals surface area contributed by atoms with Crippen LogP contribution >= 0.6 is 0 Å². The lowest BCUT2D eigenvalue weighted by atomic mass is 9.94. The van der Waals surface area contributed by atoms with E-state index < -0.39 is 5.97 Å². The molecule has 124 valence electrons. The van der Waals surface area contributed by atoms with Gasteiger partial charge in [-0.25, -0.2) is 4.79 Å². The van der Waals surface area contributed by atoms with Crippen LogP contribution in [0.2, 0.25) is 0 Å². The molecular weight excluding hydrogens is 288 g/mol. The molecular formula is C19H26N2O2. The second-order valence-corrected chi connectivity index (χ2v) is 6.83. The minimum atomic E-state index is -0.856. The van der Waals surface area contributed by atoms with E-state index in [-0.39, 0.29) is 0 Å². The number of nitrogens with one attached hydrogen (secondary N) is 1. The number of fused-ring (bicyclic) bond motifs is 1. The van der Waals surface area contributed by atoms with E-state index in [2.05, 4.69) is 23.0 Å². The molecule has 1 saturated carbocycles. The summed E-state index contributed by atoms with van der Waals surface area (Å²) in [4.78, 5) is 17.1. The number of hydrogen-bond donors (Lipinski definition) is 2. The zero-order valence-electron chi connectivity index (χ0n) is 14.1. The van der Waals surface area contributed by atoms with Crippen molar-refractivity contribution in [2.24, 2.45) is 0 Å². The van der Waals surface area contributed by atoms with Crippen molar-refractivity contribution in [3.05, 3.63) is 35.0 Å². The highest BCUT2D eigenvalue weighted by Gasteiger charge is 2.18. The summed E-state index contributed by atoms with van der Waals surface area (Å²) in [6, 6.07) is 6.87. The van der Waals surface area contributed by atoms with Crippen molar-refractivity contribution in [3.8, 4) is 0 Å². The summed E-state index contributed by atoms with van der Waals surface area (Å²) >= 11 is 0. The van der Waals surface area contributed by atoms with Gasteiger partial charge in [-0.1, -0.05) is 25.3 Å². The van der Waals surface area contributed by atoms with Gasteiger partial charge in [0.2, 0.25) is 0 Å². The van der Waals surface area contributed by atoms with Crippen LogP contribution in [0.25, 0.3) is 10.9 Å². The zero-order valence-corrected chi connectivity index (χ0v) is 14.1. The Morgan fingerprint density at radius 3 is 2.74 bits per heavy atom. The number of carboxylic acids is 1. The Kier molecular flexibility index (Phi) is 4.71. The summed E-state index contributed by atoms with van der Waals surface area (Å²) in [5.74, 6) is -0.856. The van der Waals surface area contributed by atoms with E-state index in [0.717, 1.165) is 35.6 Å². The van der Waals surface area contributed by atoms with Gasteiger partial charge in [0, 0.05) is 29.2 Å². The Morgan fingerprint density at radius 1 is 1.30 bits per heavy atom. The van der Waals surface area contributed by atoms with Crippen LogP contribution in [0.4, 0.5) is 0 Å². The highest BCUT2D eigenvalue weighted by molar-refractivity contribution is 6.04. The fraction of sp³-hybridized carbons (Fsp3) is 0.526. The maximum atomic E-state index is 11.5. The van der Waals surface area contributed by atoms with E-state index in [0.29, 0.717) is 5.56 Å². The van der Waals surface area contributed by atoms with Crippen LogP contribution in [0.5, 0.6) is 0 Å². The topological polar surface area (TPSA) is 56.3 Å². The first-order valence-electron chi connectivity index (χ1n) is 8.61. The molecule has 1 aliphatic carbocycles. The Bertz CT molecular complexity index is 699. The smallest absolute Gasteiger partial charge is 0.338 e. The average Bonchev–Trinajstić information content (AvgIpc) is 2.88. The average molecular weight is 314 g/mol. The largest absolute Gasteiger partial charge is 0.478 e. The van der Waals surface area contributed by atoms with Crippen LogP contribution in [-0.2, 0) is 6.42 Å². The van der Waals surface area contributed by atoms with Crippen LogP contribution in [0.15, 0.2) is 18.2 Å². The van der Waals surface area contributed by atoms with E-state index >= 15 is 0 Å². The third kappa shape index (κ3) is 3.42. The molecule has 1 aromatic heterocycles. The second kappa shape index (κ2) is 6.75. The molecule has 1 heterocycles. The van der Waals surface area contributed by atoms with Gasteiger partial charge in [0.05, 0.1) is 5.56 Å². The molecule has 2 aromatic rings. The molecule has 0 saturated heterocycles. The van der Waals surface area contributed by atoms with Crippen molar-refractivity contribution in [1.82, 2.24) is 9.88 Å². The number of aryl methyl sites for hydroxylation is 1. The van der Waals surface area contributed by atoms with Crippen molar-refractivity contribution in [2.45, 2.75) is 51.5 Å². The molecule has 2 N–H and O–H groups in total. The first-order chi connectivity index (χ1) is 11.1. The van der Waals surface area contributed by atoms with Crippen LogP contribution < -0.4 is 0 Å². The Labute approximate surface area is 137 Å². The molecule has 0 bridgehead atoms. The van der Waals surface area contributed by atoms with Gasteiger partial charge < -0.3 is 15.0 Å². The molecule has 4 heteroatoms. The lowest BCUT2D eigenvalue weighted by Gasteiger charge is -2.31. The van der Waals surface area contributed by atoms with E-state index in [4.69, 9.17) is 0 Å². The maximum absolute atomic E-state index is 11.5. The van der Waals surface area contributed by atoms with E-state index in [1.165, 1.54) is 37.7 Å². The number of carbonyl (C=O) groups is 1. The fourth-order valence-electron chi connectivity index (χ4n) is 3.81. The first-order valence-corrected chi connectivity index (χ1v) is 8.61. The Morgan fingerprint density at radius 2 is 2.04 bits per heavy atom. The summed E-state index contributed by atoms with van der Waals surface area (Å²) in [6.07, 6.45) is 7.68. The Balaban J connectivity index is 1.73. The van der Waals surface area contributed by atoms with Crippen molar-refractivity contribution in [2.75, 3.05) is 13.6 Å². The number of aromatic carboxylic acids is 1. The lowest BCUT2D eigenvalue weighted by Crippen LogP contribution is -2.34. The number of hydrogen-bond acceptors (Lipinski definition) is 2. The van der Waals surface area contributed by atoms with Crippen molar-refractivity contribution in [1.29, 1.82) is 0 Å². The summed E-state index contributed by atoms with van der Waals surface area (Å²) in [7, 11) is 2.22. The molecule has 3 rings (SSSR count). The van der Waals surface area contributed by atoms with Gasteiger partial charge in [-0.15, -0.1) is 0 Å². The molecule has 0 spiro atoms. The van der Waals surface area contributed by atoms with Gasteiger partial charge in [0.15, 0.2) is 0 Å². The third-order valence-electron chi connectivity index (χ3n) is 5.22. The summed E-state index contributed by atoms with van der Waals surface area (Å²) in [6.45, 7) is 2.85. The monoisotopic (exact) mass is 314 g/mol.